The molecule has 1 heterocycles. The summed E-state index contributed by atoms with van der Waals surface area (Å²) in [6.45, 7) is 4.76. The molecule has 0 bridgehead atoms. The summed E-state index contributed by atoms with van der Waals surface area (Å²) in [6, 6.07) is 8.01. The maximum absolute atomic E-state index is 13.8. The quantitative estimate of drug-likeness (QED) is 0.722. The molecule has 1 aliphatic rings. The van der Waals surface area contributed by atoms with Crippen molar-refractivity contribution in [2.75, 3.05) is 6.54 Å². The number of halogens is 1. The van der Waals surface area contributed by atoms with Gasteiger partial charge in [-0.25, -0.2) is 4.39 Å². The van der Waals surface area contributed by atoms with Gasteiger partial charge in [-0.15, -0.1) is 0 Å². The molecule has 1 N–H and O–H groups in total. The molecule has 0 saturated carbocycles. The van der Waals surface area contributed by atoms with Crippen LogP contribution in [0.15, 0.2) is 24.3 Å². The van der Waals surface area contributed by atoms with Crippen molar-refractivity contribution >= 4 is 0 Å². The van der Waals surface area contributed by atoms with Crippen LogP contribution in [0.1, 0.15) is 24.5 Å². The Morgan fingerprint density at radius 2 is 2.14 bits per heavy atom. The van der Waals surface area contributed by atoms with Crippen molar-refractivity contribution in [1.82, 2.24) is 5.32 Å². The van der Waals surface area contributed by atoms with E-state index in [0.717, 1.165) is 17.7 Å². The molecule has 76 valence electrons. The summed E-state index contributed by atoms with van der Waals surface area (Å²) < 4.78 is 13.8. The maximum atomic E-state index is 13.8. The van der Waals surface area contributed by atoms with E-state index in [1.807, 2.05) is 38.1 Å². The third-order valence-corrected chi connectivity index (χ3v) is 3.22. The van der Waals surface area contributed by atoms with Gasteiger partial charge in [0.05, 0.1) is 5.54 Å². The zero-order valence-electron chi connectivity index (χ0n) is 8.68. The average Bonchev–Trinajstić information content (AvgIpc) is 2.49. The van der Waals surface area contributed by atoms with Crippen LogP contribution >= 0.6 is 0 Å². The predicted molar refractivity (Wildman–Crippen MR) is 56.0 cm³/mol. The van der Waals surface area contributed by atoms with Gasteiger partial charge in [0.25, 0.3) is 0 Å². The molecule has 2 rings (SSSR count). The SMILES string of the molecule is Cc1ccccc1C1(C)NCCC1F. The summed E-state index contributed by atoms with van der Waals surface area (Å²) >= 11 is 0. The molecule has 14 heavy (non-hydrogen) atoms. The van der Waals surface area contributed by atoms with E-state index in [4.69, 9.17) is 0 Å². The third-order valence-electron chi connectivity index (χ3n) is 3.22. The normalized spacial score (nSPS) is 32.1. The van der Waals surface area contributed by atoms with E-state index in [1.54, 1.807) is 0 Å². The van der Waals surface area contributed by atoms with Crippen LogP contribution in [0.2, 0.25) is 0 Å². The van der Waals surface area contributed by atoms with E-state index >= 15 is 0 Å². The van der Waals surface area contributed by atoms with Gasteiger partial charge in [-0.05, 0) is 37.9 Å². The zero-order valence-corrected chi connectivity index (χ0v) is 8.68. The molecular formula is C12H16FN. The minimum Gasteiger partial charge on any atom is -0.305 e. The Bertz CT molecular complexity index is 337. The molecule has 0 amide bonds. The van der Waals surface area contributed by atoms with Crippen LogP contribution in [0.3, 0.4) is 0 Å². The molecule has 0 aromatic heterocycles. The number of alkyl halides is 1. The molecule has 1 aromatic rings. The fourth-order valence-electron chi connectivity index (χ4n) is 2.28. The largest absolute Gasteiger partial charge is 0.305 e. The summed E-state index contributed by atoms with van der Waals surface area (Å²) in [4.78, 5) is 0. The number of benzene rings is 1. The lowest BCUT2D eigenvalue weighted by Gasteiger charge is -2.29. The van der Waals surface area contributed by atoms with Crippen molar-refractivity contribution in [1.29, 1.82) is 0 Å². The Labute approximate surface area is 84.3 Å². The second-order valence-electron chi connectivity index (χ2n) is 4.20. The molecule has 2 heteroatoms. The van der Waals surface area contributed by atoms with Crippen LogP contribution < -0.4 is 5.32 Å². The highest BCUT2D eigenvalue weighted by Gasteiger charge is 2.40. The standard InChI is InChI=1S/C12H16FN/c1-9-5-3-4-6-10(9)12(2)11(13)7-8-14-12/h3-6,11,14H,7-8H2,1-2H3. The number of aryl methyl sites for hydroxylation is 1. The highest BCUT2D eigenvalue weighted by atomic mass is 19.1. The van der Waals surface area contributed by atoms with E-state index in [0.29, 0.717) is 6.42 Å². The Hall–Kier alpha value is -0.890. The molecule has 1 saturated heterocycles. The predicted octanol–water partition coefficient (Wildman–Crippen LogP) is 2.54. The molecule has 0 radical (unpaired) electrons. The highest BCUT2D eigenvalue weighted by Crippen LogP contribution is 2.34. The van der Waals surface area contributed by atoms with Crippen LogP contribution in [-0.4, -0.2) is 12.7 Å². The average molecular weight is 193 g/mol. The molecule has 1 fully saturated rings. The lowest BCUT2D eigenvalue weighted by Crippen LogP contribution is -2.40. The lowest BCUT2D eigenvalue weighted by atomic mass is 9.86. The van der Waals surface area contributed by atoms with Gasteiger partial charge in [-0.1, -0.05) is 24.3 Å². The Morgan fingerprint density at radius 1 is 1.43 bits per heavy atom. The van der Waals surface area contributed by atoms with Crippen LogP contribution in [0, 0.1) is 6.92 Å². The summed E-state index contributed by atoms with van der Waals surface area (Å²) in [5, 5.41) is 3.26. The summed E-state index contributed by atoms with van der Waals surface area (Å²) in [7, 11) is 0. The van der Waals surface area contributed by atoms with Gasteiger partial charge in [-0.2, -0.15) is 0 Å². The first-order valence-corrected chi connectivity index (χ1v) is 5.10. The Morgan fingerprint density at radius 3 is 2.71 bits per heavy atom. The smallest absolute Gasteiger partial charge is 0.123 e. The molecule has 2 unspecified atom stereocenters. The molecule has 1 aliphatic heterocycles. The van der Waals surface area contributed by atoms with Gasteiger partial charge in [0.15, 0.2) is 0 Å². The van der Waals surface area contributed by atoms with Gasteiger partial charge in [0, 0.05) is 0 Å². The molecule has 1 nitrogen and oxygen atoms in total. The van der Waals surface area contributed by atoms with Gasteiger partial charge in [0.1, 0.15) is 6.17 Å². The molecule has 0 spiro atoms. The Kier molecular flexibility index (Phi) is 2.31. The second-order valence-corrected chi connectivity index (χ2v) is 4.20. The summed E-state index contributed by atoms with van der Waals surface area (Å²) in [6.07, 6.45) is -0.159. The monoisotopic (exact) mass is 193 g/mol. The van der Waals surface area contributed by atoms with Crippen molar-refractivity contribution in [2.24, 2.45) is 0 Å². The topological polar surface area (TPSA) is 12.0 Å². The van der Waals surface area contributed by atoms with Gasteiger partial charge in [-0.3, -0.25) is 0 Å². The van der Waals surface area contributed by atoms with Crippen molar-refractivity contribution in [2.45, 2.75) is 32.0 Å². The van der Waals surface area contributed by atoms with Crippen molar-refractivity contribution in [3.05, 3.63) is 35.4 Å². The number of rotatable bonds is 1. The molecule has 0 aliphatic carbocycles. The fourth-order valence-corrected chi connectivity index (χ4v) is 2.28. The third kappa shape index (κ3) is 1.34. The van der Waals surface area contributed by atoms with E-state index in [-0.39, 0.29) is 0 Å². The van der Waals surface area contributed by atoms with Crippen LogP contribution in [0.4, 0.5) is 4.39 Å². The highest BCUT2D eigenvalue weighted by molar-refractivity contribution is 5.34. The first-order valence-electron chi connectivity index (χ1n) is 5.10. The fraction of sp³-hybridized carbons (Fsp3) is 0.500. The van der Waals surface area contributed by atoms with Crippen LogP contribution in [0.25, 0.3) is 0 Å². The Balaban J connectivity index is 2.43. The first-order chi connectivity index (χ1) is 6.64. The maximum Gasteiger partial charge on any atom is 0.123 e. The van der Waals surface area contributed by atoms with Crippen molar-refractivity contribution < 1.29 is 4.39 Å². The zero-order chi connectivity index (χ0) is 10.2. The molecule has 2 atom stereocenters. The van der Waals surface area contributed by atoms with Crippen LogP contribution in [0.5, 0.6) is 0 Å². The minimum atomic E-state index is -0.774. The molecular weight excluding hydrogens is 177 g/mol. The van der Waals surface area contributed by atoms with E-state index in [2.05, 4.69) is 5.32 Å². The van der Waals surface area contributed by atoms with E-state index in [9.17, 15) is 4.39 Å². The second kappa shape index (κ2) is 3.35. The number of nitrogens with one attached hydrogen (secondary N) is 1. The van der Waals surface area contributed by atoms with E-state index in [1.165, 1.54) is 0 Å². The van der Waals surface area contributed by atoms with Gasteiger partial charge in [0.2, 0.25) is 0 Å². The molecule has 1 aromatic carbocycles. The number of hydrogen-bond acceptors (Lipinski definition) is 1. The van der Waals surface area contributed by atoms with Crippen molar-refractivity contribution in [3.63, 3.8) is 0 Å². The minimum absolute atomic E-state index is 0.481. The van der Waals surface area contributed by atoms with Gasteiger partial charge < -0.3 is 5.32 Å². The summed E-state index contributed by atoms with van der Waals surface area (Å²) in [5.74, 6) is 0. The first kappa shape index (κ1) is 9.66. The lowest BCUT2D eigenvalue weighted by molar-refractivity contribution is 0.219. The number of hydrogen-bond donors (Lipinski definition) is 1. The van der Waals surface area contributed by atoms with Crippen LogP contribution in [-0.2, 0) is 5.54 Å². The van der Waals surface area contributed by atoms with Crippen molar-refractivity contribution in [3.8, 4) is 0 Å². The van der Waals surface area contributed by atoms with E-state index < -0.39 is 11.7 Å². The summed E-state index contributed by atoms with van der Waals surface area (Å²) in [5.41, 5.74) is 1.77. The van der Waals surface area contributed by atoms with Gasteiger partial charge >= 0.3 is 0 Å².